The highest BCUT2D eigenvalue weighted by Crippen LogP contribution is 2.76. The van der Waals surface area contributed by atoms with E-state index >= 15 is 0 Å². The summed E-state index contributed by atoms with van der Waals surface area (Å²) in [6.07, 6.45) is 15.3. The lowest BCUT2D eigenvalue weighted by atomic mass is 9.33. The summed E-state index contributed by atoms with van der Waals surface area (Å²) in [5.41, 5.74) is 3.72. The maximum absolute atomic E-state index is 13.9. The fraction of sp³-hybridized carbons (Fsp3) is 0.763. The first-order chi connectivity index (χ1) is 20.2. The number of Topliss-reactive ketones (excluding diaryl/α,β-unsaturated/α-hetero) is 1. The number of fused-ring (bicyclic) bond motifs is 7. The Bertz CT molecular complexity index is 1320. The van der Waals surface area contributed by atoms with Crippen molar-refractivity contribution in [1.82, 2.24) is 0 Å². The third-order valence-electron chi connectivity index (χ3n) is 14.7. The third kappa shape index (κ3) is 4.00. The number of carbonyl (C=O) groups excluding carboxylic acids is 3. The zero-order valence-corrected chi connectivity index (χ0v) is 27.6. The van der Waals surface area contributed by atoms with Crippen LogP contribution in [-0.4, -0.2) is 30.8 Å². The number of ether oxygens (including phenoxy) is 1. The van der Waals surface area contributed by atoms with Crippen molar-refractivity contribution in [1.29, 1.82) is 0 Å². The molecule has 0 unspecified atom stereocenters. The van der Waals surface area contributed by atoms with Gasteiger partial charge < -0.3 is 9.53 Å². The molecule has 4 nitrogen and oxygen atoms in total. The van der Waals surface area contributed by atoms with E-state index in [1.807, 2.05) is 0 Å². The van der Waals surface area contributed by atoms with Crippen molar-refractivity contribution >= 4 is 18.5 Å². The third-order valence-corrected chi connectivity index (χ3v) is 14.7. The van der Waals surface area contributed by atoms with E-state index in [0.29, 0.717) is 43.5 Å². The monoisotopic (exact) mass is 592 g/mol. The SMILES string of the molecule is CC(C)C1=C2[C@H]3CC[C@@H]4[C@@]5(C)CC=C(C6=CC[C@](CF)(OC=O)CC6)C(C)(C)[C@@H]5CC[C@@]4(C)[C@]3(C)CC[C@@]2(C=O)CC1=O. The van der Waals surface area contributed by atoms with E-state index in [-0.39, 0.29) is 33.4 Å². The van der Waals surface area contributed by atoms with E-state index in [9.17, 15) is 18.8 Å². The van der Waals surface area contributed by atoms with Gasteiger partial charge in [-0.2, -0.15) is 0 Å². The average molecular weight is 593 g/mol. The lowest BCUT2D eigenvalue weighted by Crippen LogP contribution is -2.64. The van der Waals surface area contributed by atoms with Crippen LogP contribution in [0.3, 0.4) is 0 Å². The van der Waals surface area contributed by atoms with Crippen molar-refractivity contribution in [2.45, 2.75) is 125 Å². The largest absolute Gasteiger partial charge is 0.458 e. The Morgan fingerprint density at radius 1 is 0.930 bits per heavy atom. The number of rotatable bonds is 6. The molecule has 0 N–H and O–H groups in total. The standard InChI is InChI=1S/C38H53FO4/c1-24(2)31-28(42)20-37(22-40)19-18-35(6)27(32(31)37)8-9-30-34(5)14-12-26(33(3,4)29(34)13-15-36(30,35)7)25-10-16-38(21-39,17-11-25)43-23-41/h10,12,22-24,27,29-30H,8-9,11,13-21H2,1-7H3/t27-,29+,30-,34+,35-,36-,37+,38+/m1/s1. The minimum atomic E-state index is -1.00. The van der Waals surface area contributed by atoms with E-state index < -0.39 is 17.7 Å². The topological polar surface area (TPSA) is 60.4 Å². The highest BCUT2D eigenvalue weighted by Gasteiger charge is 2.69. The summed E-state index contributed by atoms with van der Waals surface area (Å²) in [6, 6.07) is 0. The lowest BCUT2D eigenvalue weighted by molar-refractivity contribution is -0.198. The normalized spacial score (nSPS) is 45.3. The summed E-state index contributed by atoms with van der Waals surface area (Å²) >= 11 is 0. The maximum atomic E-state index is 13.9. The van der Waals surface area contributed by atoms with Gasteiger partial charge in [0.1, 0.15) is 18.6 Å². The second-order valence-electron chi connectivity index (χ2n) is 17.0. The summed E-state index contributed by atoms with van der Waals surface area (Å²) in [5, 5.41) is 0. The summed E-state index contributed by atoms with van der Waals surface area (Å²) in [6.45, 7) is 16.6. The van der Waals surface area contributed by atoms with Gasteiger partial charge >= 0.3 is 0 Å². The average Bonchev–Trinajstić information content (AvgIpc) is 3.26. The molecule has 0 bridgehead atoms. The number of allylic oxidation sites excluding steroid dienone is 5. The van der Waals surface area contributed by atoms with Crippen LogP contribution in [0.15, 0.2) is 34.4 Å². The van der Waals surface area contributed by atoms with E-state index in [0.717, 1.165) is 50.4 Å². The quantitative estimate of drug-likeness (QED) is 0.290. The molecule has 0 spiro atoms. The van der Waals surface area contributed by atoms with Crippen LogP contribution in [0.1, 0.15) is 119 Å². The van der Waals surface area contributed by atoms with Gasteiger partial charge in [0.25, 0.3) is 6.47 Å². The molecule has 6 aliphatic carbocycles. The van der Waals surface area contributed by atoms with Gasteiger partial charge in [-0.15, -0.1) is 0 Å². The second-order valence-corrected chi connectivity index (χ2v) is 17.0. The number of alkyl halides is 1. The molecule has 0 radical (unpaired) electrons. The van der Waals surface area contributed by atoms with Gasteiger partial charge in [0.05, 0.1) is 5.41 Å². The van der Waals surface area contributed by atoms with Gasteiger partial charge in [0.15, 0.2) is 5.78 Å². The first kappa shape index (κ1) is 31.0. The van der Waals surface area contributed by atoms with Crippen LogP contribution in [0.2, 0.25) is 0 Å². The van der Waals surface area contributed by atoms with Gasteiger partial charge in [0.2, 0.25) is 0 Å². The second kappa shape index (κ2) is 9.98. The van der Waals surface area contributed by atoms with Crippen LogP contribution in [0.5, 0.6) is 0 Å². The van der Waals surface area contributed by atoms with Gasteiger partial charge in [-0.1, -0.05) is 60.6 Å². The maximum Gasteiger partial charge on any atom is 0.293 e. The molecule has 0 heterocycles. The van der Waals surface area contributed by atoms with Crippen LogP contribution in [0, 0.1) is 50.7 Å². The molecule has 236 valence electrons. The molecule has 3 fully saturated rings. The summed E-state index contributed by atoms with van der Waals surface area (Å²) in [4.78, 5) is 37.2. The molecule has 8 atom stereocenters. The molecule has 0 amide bonds. The van der Waals surface area contributed by atoms with Crippen molar-refractivity contribution in [3.8, 4) is 0 Å². The summed E-state index contributed by atoms with van der Waals surface area (Å²) in [7, 11) is 0. The molecule has 0 aromatic carbocycles. The number of aldehydes is 1. The number of hydrogen-bond donors (Lipinski definition) is 0. The molecule has 6 rings (SSSR count). The smallest absolute Gasteiger partial charge is 0.293 e. The lowest BCUT2D eigenvalue weighted by Gasteiger charge is -2.71. The molecule has 0 aromatic rings. The van der Waals surface area contributed by atoms with E-state index in [1.165, 1.54) is 29.6 Å². The Morgan fingerprint density at radius 3 is 2.28 bits per heavy atom. The first-order valence-corrected chi connectivity index (χ1v) is 17.0. The predicted molar refractivity (Wildman–Crippen MR) is 167 cm³/mol. The zero-order chi connectivity index (χ0) is 31.2. The first-order valence-electron chi connectivity index (χ1n) is 17.0. The van der Waals surface area contributed by atoms with Crippen molar-refractivity contribution < 1.29 is 23.5 Å². The molecule has 0 aliphatic heterocycles. The van der Waals surface area contributed by atoms with Crippen molar-refractivity contribution in [3.05, 3.63) is 34.4 Å². The summed E-state index contributed by atoms with van der Waals surface area (Å²) in [5.74, 6) is 1.78. The molecular formula is C38H53FO4. The van der Waals surface area contributed by atoms with Crippen LogP contribution in [0.4, 0.5) is 4.39 Å². The van der Waals surface area contributed by atoms with Gasteiger partial charge in [-0.05, 0) is 125 Å². The Kier molecular flexibility index (Phi) is 7.19. The highest BCUT2D eigenvalue weighted by molar-refractivity contribution is 6.03. The molecular weight excluding hydrogens is 539 g/mol. The Balaban J connectivity index is 1.35. The Morgan fingerprint density at radius 2 is 1.67 bits per heavy atom. The minimum Gasteiger partial charge on any atom is -0.458 e. The molecule has 5 heteroatoms. The predicted octanol–water partition coefficient (Wildman–Crippen LogP) is 8.69. The fourth-order valence-corrected chi connectivity index (χ4v) is 12.4. The van der Waals surface area contributed by atoms with E-state index in [2.05, 4.69) is 60.6 Å². The number of halogens is 1. The Hall–Kier alpha value is -2.04. The number of carbonyl (C=O) groups is 3. The van der Waals surface area contributed by atoms with E-state index in [1.54, 1.807) is 0 Å². The number of ketones is 1. The fourth-order valence-electron chi connectivity index (χ4n) is 12.4. The van der Waals surface area contributed by atoms with Gasteiger partial charge in [-0.25, -0.2) is 4.39 Å². The van der Waals surface area contributed by atoms with E-state index in [4.69, 9.17) is 4.74 Å². The Labute approximate surface area is 258 Å². The van der Waals surface area contributed by atoms with Crippen LogP contribution >= 0.6 is 0 Å². The zero-order valence-electron chi connectivity index (χ0n) is 27.6. The molecule has 6 aliphatic rings. The van der Waals surface area contributed by atoms with Crippen molar-refractivity contribution in [2.75, 3.05) is 6.67 Å². The molecule has 0 saturated heterocycles. The van der Waals surface area contributed by atoms with Crippen LogP contribution in [0.25, 0.3) is 0 Å². The minimum absolute atomic E-state index is 0.0103. The van der Waals surface area contributed by atoms with Crippen LogP contribution in [-0.2, 0) is 19.1 Å². The van der Waals surface area contributed by atoms with Gasteiger partial charge in [-0.3, -0.25) is 9.59 Å². The van der Waals surface area contributed by atoms with Crippen molar-refractivity contribution in [2.24, 2.45) is 50.7 Å². The molecule has 3 saturated carbocycles. The number of hydrogen-bond acceptors (Lipinski definition) is 4. The van der Waals surface area contributed by atoms with Gasteiger partial charge in [0, 0.05) is 12.8 Å². The van der Waals surface area contributed by atoms with Crippen LogP contribution < -0.4 is 0 Å². The highest BCUT2D eigenvalue weighted by atomic mass is 19.1. The van der Waals surface area contributed by atoms with Crippen molar-refractivity contribution in [3.63, 3.8) is 0 Å². The molecule has 43 heavy (non-hydrogen) atoms. The summed E-state index contributed by atoms with van der Waals surface area (Å²) < 4.78 is 19.1. The molecule has 0 aromatic heterocycles.